The Hall–Kier alpha value is -4.80. The summed E-state index contributed by atoms with van der Waals surface area (Å²) in [6.45, 7) is 8.32. The average Bonchev–Trinajstić information content (AvgIpc) is 3.71. The summed E-state index contributed by atoms with van der Waals surface area (Å²) in [7, 11) is 0. The number of carbonyl (C=O) groups excluding carboxylic acids is 4. The maximum absolute atomic E-state index is 13.1. The molecule has 2 fully saturated rings. The van der Waals surface area contributed by atoms with Crippen molar-refractivity contribution in [2.24, 2.45) is 5.92 Å². The second kappa shape index (κ2) is 23.6. The van der Waals surface area contributed by atoms with Crippen molar-refractivity contribution in [3.63, 3.8) is 0 Å². The fourth-order valence-electron chi connectivity index (χ4n) is 7.44. The molecule has 10 nitrogen and oxygen atoms in total. The van der Waals surface area contributed by atoms with Gasteiger partial charge in [0.1, 0.15) is 5.75 Å². The second-order valence-corrected chi connectivity index (χ2v) is 15.3. The molecule has 3 aromatic rings. The Morgan fingerprint density at radius 2 is 1.14 bits per heavy atom. The standard InChI is InChI=1S/C48H60O10/c1-4-7-31-54-46(51)43-44(47(52)55-32-8-5-2)58-48(57-43)40-27-29-41(30-28-40)56-45(50)39-25-23-38(24-26-39)37-21-19-36(20-22-37)35-17-15-34(16-18-35)14-12-10-9-11-13-33-53-42(49)6-3/h6,19-30,34-35,43-44,48H,3-5,7-18,31-33H2,1-2H3/t34?,35?,43-,44-/m1/s1. The number of hydrogen-bond donors (Lipinski definition) is 0. The van der Waals surface area contributed by atoms with Gasteiger partial charge in [-0.3, -0.25) is 0 Å². The van der Waals surface area contributed by atoms with Crippen LogP contribution in [0.25, 0.3) is 11.1 Å². The molecule has 10 heteroatoms. The Morgan fingerprint density at radius 3 is 1.71 bits per heavy atom. The van der Waals surface area contributed by atoms with Gasteiger partial charge in [0.25, 0.3) is 0 Å². The highest BCUT2D eigenvalue weighted by atomic mass is 16.8. The first kappa shape index (κ1) is 44.3. The van der Waals surface area contributed by atoms with Gasteiger partial charge in [-0.2, -0.15) is 0 Å². The molecule has 0 unspecified atom stereocenters. The third kappa shape index (κ3) is 13.4. The fraction of sp³-hybridized carbons (Fsp3) is 0.500. The van der Waals surface area contributed by atoms with Gasteiger partial charge >= 0.3 is 23.9 Å². The highest BCUT2D eigenvalue weighted by Gasteiger charge is 2.47. The molecule has 2 aliphatic rings. The van der Waals surface area contributed by atoms with Crippen molar-refractivity contribution in [2.45, 2.75) is 128 Å². The predicted molar refractivity (Wildman–Crippen MR) is 221 cm³/mol. The van der Waals surface area contributed by atoms with Gasteiger partial charge in [0.05, 0.1) is 25.4 Å². The first-order valence-electron chi connectivity index (χ1n) is 21.3. The Labute approximate surface area is 343 Å². The number of ether oxygens (including phenoxy) is 6. The molecule has 1 aliphatic carbocycles. The van der Waals surface area contributed by atoms with E-state index < -0.39 is 36.4 Å². The summed E-state index contributed by atoms with van der Waals surface area (Å²) < 4.78 is 33.1. The molecule has 58 heavy (non-hydrogen) atoms. The number of benzene rings is 3. The molecule has 0 radical (unpaired) electrons. The summed E-state index contributed by atoms with van der Waals surface area (Å²) in [6, 6.07) is 22.8. The molecule has 1 saturated heterocycles. The van der Waals surface area contributed by atoms with Crippen LogP contribution in [0.5, 0.6) is 5.75 Å². The van der Waals surface area contributed by atoms with Crippen LogP contribution in [0.4, 0.5) is 0 Å². The lowest BCUT2D eigenvalue weighted by Gasteiger charge is -2.29. The first-order valence-corrected chi connectivity index (χ1v) is 21.3. The largest absolute Gasteiger partial charge is 0.464 e. The summed E-state index contributed by atoms with van der Waals surface area (Å²) in [6.07, 6.45) is 12.8. The fourth-order valence-corrected chi connectivity index (χ4v) is 7.44. The molecule has 3 aromatic carbocycles. The molecule has 0 aromatic heterocycles. The molecular formula is C48H60O10. The SMILES string of the molecule is C=CC(=O)OCCCCCCCC1CCC(c2ccc(-c3ccc(C(=O)Oc4ccc(C5O[C@@H](C(=O)OCCCC)[C@H](C(=O)OCCCC)O5)cc4)cc3)cc2)CC1. The van der Waals surface area contributed by atoms with Gasteiger partial charge in [0.2, 0.25) is 0 Å². The van der Waals surface area contributed by atoms with Crippen molar-refractivity contribution in [2.75, 3.05) is 19.8 Å². The maximum Gasteiger partial charge on any atom is 0.343 e. The maximum atomic E-state index is 13.1. The van der Waals surface area contributed by atoms with Crippen LogP contribution in [0, 0.1) is 5.92 Å². The van der Waals surface area contributed by atoms with Crippen LogP contribution >= 0.6 is 0 Å². The third-order valence-corrected chi connectivity index (χ3v) is 11.0. The van der Waals surface area contributed by atoms with Gasteiger partial charge in [0.15, 0.2) is 18.5 Å². The monoisotopic (exact) mass is 796 g/mol. The summed E-state index contributed by atoms with van der Waals surface area (Å²) in [5.74, 6) is -0.438. The molecule has 1 heterocycles. The second-order valence-electron chi connectivity index (χ2n) is 15.3. The Balaban J connectivity index is 1.06. The number of carbonyl (C=O) groups is 4. The number of hydrogen-bond acceptors (Lipinski definition) is 10. The van der Waals surface area contributed by atoms with E-state index in [1.54, 1.807) is 36.4 Å². The molecule has 0 bridgehead atoms. The van der Waals surface area contributed by atoms with Crippen LogP contribution < -0.4 is 4.74 Å². The van der Waals surface area contributed by atoms with Crippen LogP contribution in [-0.2, 0) is 38.1 Å². The molecule has 2 atom stereocenters. The van der Waals surface area contributed by atoms with Crippen molar-refractivity contribution in [3.05, 3.63) is 102 Å². The molecular weight excluding hydrogens is 737 g/mol. The topological polar surface area (TPSA) is 124 Å². The van der Waals surface area contributed by atoms with E-state index in [-0.39, 0.29) is 19.2 Å². The molecule has 1 aliphatic heterocycles. The van der Waals surface area contributed by atoms with Crippen LogP contribution in [0.2, 0.25) is 0 Å². The lowest BCUT2D eigenvalue weighted by molar-refractivity contribution is -0.163. The smallest absolute Gasteiger partial charge is 0.343 e. The minimum Gasteiger partial charge on any atom is -0.464 e. The van der Waals surface area contributed by atoms with Crippen molar-refractivity contribution in [1.29, 1.82) is 0 Å². The summed E-state index contributed by atoms with van der Waals surface area (Å²) in [4.78, 5) is 49.8. The van der Waals surface area contributed by atoms with Crippen LogP contribution in [0.1, 0.15) is 137 Å². The van der Waals surface area contributed by atoms with Gasteiger partial charge < -0.3 is 28.4 Å². The normalized spacial score (nSPS) is 19.3. The average molecular weight is 797 g/mol. The van der Waals surface area contributed by atoms with E-state index in [2.05, 4.69) is 30.8 Å². The van der Waals surface area contributed by atoms with Gasteiger partial charge in [-0.05, 0) is 97.7 Å². The minimum absolute atomic E-state index is 0.222. The van der Waals surface area contributed by atoms with E-state index in [4.69, 9.17) is 28.4 Å². The zero-order valence-corrected chi connectivity index (χ0v) is 34.2. The number of rotatable bonds is 22. The van der Waals surface area contributed by atoms with Crippen LogP contribution in [0.3, 0.4) is 0 Å². The number of esters is 4. The highest BCUT2D eigenvalue weighted by molar-refractivity contribution is 5.91. The summed E-state index contributed by atoms with van der Waals surface area (Å²) >= 11 is 0. The molecule has 0 N–H and O–H groups in total. The minimum atomic E-state index is -1.26. The van der Waals surface area contributed by atoms with Crippen molar-refractivity contribution >= 4 is 23.9 Å². The number of unbranched alkanes of at least 4 members (excludes halogenated alkanes) is 6. The van der Waals surface area contributed by atoms with Crippen LogP contribution in [0.15, 0.2) is 85.5 Å². The van der Waals surface area contributed by atoms with E-state index in [1.807, 2.05) is 26.0 Å². The Morgan fingerprint density at radius 1 is 0.621 bits per heavy atom. The van der Waals surface area contributed by atoms with E-state index in [0.717, 1.165) is 42.7 Å². The summed E-state index contributed by atoms with van der Waals surface area (Å²) in [5, 5.41) is 0. The lowest BCUT2D eigenvalue weighted by Crippen LogP contribution is -2.39. The van der Waals surface area contributed by atoms with Gasteiger partial charge in [-0.25, -0.2) is 19.2 Å². The molecule has 0 spiro atoms. The third-order valence-electron chi connectivity index (χ3n) is 11.0. The Kier molecular flexibility index (Phi) is 18.0. The zero-order chi connectivity index (χ0) is 41.1. The molecule has 312 valence electrons. The molecule has 0 amide bonds. The van der Waals surface area contributed by atoms with Crippen molar-refractivity contribution < 1.29 is 47.6 Å². The van der Waals surface area contributed by atoms with E-state index in [0.29, 0.717) is 42.2 Å². The van der Waals surface area contributed by atoms with Crippen molar-refractivity contribution in [1.82, 2.24) is 0 Å². The summed E-state index contributed by atoms with van der Waals surface area (Å²) in [5.41, 5.74) is 4.47. The quantitative estimate of drug-likeness (QED) is 0.0319. The first-order chi connectivity index (χ1) is 28.3. The Bertz CT molecular complexity index is 1710. The lowest BCUT2D eigenvalue weighted by atomic mass is 9.77. The highest BCUT2D eigenvalue weighted by Crippen LogP contribution is 2.39. The predicted octanol–water partition coefficient (Wildman–Crippen LogP) is 10.4. The van der Waals surface area contributed by atoms with Crippen molar-refractivity contribution in [3.8, 4) is 16.9 Å². The van der Waals surface area contributed by atoms with Gasteiger partial charge in [0, 0.05) is 11.6 Å². The zero-order valence-electron chi connectivity index (χ0n) is 34.2. The molecule has 5 rings (SSSR count). The van der Waals surface area contributed by atoms with E-state index in [1.165, 1.54) is 63.0 Å². The van der Waals surface area contributed by atoms with E-state index >= 15 is 0 Å². The van der Waals surface area contributed by atoms with Crippen LogP contribution in [-0.4, -0.2) is 55.9 Å². The van der Waals surface area contributed by atoms with Gasteiger partial charge in [-0.15, -0.1) is 0 Å². The molecule has 1 saturated carbocycles. The van der Waals surface area contributed by atoms with E-state index in [9.17, 15) is 19.2 Å². The van der Waals surface area contributed by atoms with Gasteiger partial charge in [-0.1, -0.05) is 114 Å².